The summed E-state index contributed by atoms with van der Waals surface area (Å²) in [4.78, 5) is 19.6. The molecule has 0 fully saturated rings. The van der Waals surface area contributed by atoms with Crippen LogP contribution >= 0.6 is 11.3 Å². The number of hydrogen-bond acceptors (Lipinski definition) is 6. The lowest BCUT2D eigenvalue weighted by Gasteiger charge is -2.26. The molecular formula is C19H19N3O3S. The Balaban J connectivity index is 1.37. The minimum atomic E-state index is -0.0620. The van der Waals surface area contributed by atoms with Crippen LogP contribution in [-0.4, -0.2) is 28.8 Å². The number of hydrogen-bond donors (Lipinski definition) is 1. The van der Waals surface area contributed by atoms with Crippen molar-refractivity contribution in [3.8, 4) is 11.5 Å². The maximum atomic E-state index is 13.0. The van der Waals surface area contributed by atoms with E-state index in [1.165, 1.54) is 10.4 Å². The Morgan fingerprint density at radius 3 is 3.12 bits per heavy atom. The maximum absolute atomic E-state index is 13.0. The summed E-state index contributed by atoms with van der Waals surface area (Å²) in [7, 11) is 0. The van der Waals surface area contributed by atoms with E-state index in [-0.39, 0.29) is 11.7 Å². The molecular weight excluding hydrogens is 350 g/mol. The molecule has 1 N–H and O–H groups in total. The van der Waals surface area contributed by atoms with Crippen molar-refractivity contribution in [1.29, 1.82) is 0 Å². The second-order valence-electron chi connectivity index (χ2n) is 6.64. The summed E-state index contributed by atoms with van der Waals surface area (Å²) in [6.07, 6.45) is 3.20. The van der Waals surface area contributed by atoms with E-state index in [4.69, 9.17) is 9.47 Å². The summed E-state index contributed by atoms with van der Waals surface area (Å²) in [6, 6.07) is 7.68. The Morgan fingerprint density at radius 1 is 1.31 bits per heavy atom. The van der Waals surface area contributed by atoms with E-state index >= 15 is 0 Å². The van der Waals surface area contributed by atoms with Gasteiger partial charge in [-0.05, 0) is 30.7 Å². The predicted octanol–water partition coefficient (Wildman–Crippen LogP) is 2.33. The molecule has 1 atom stereocenters. The zero-order valence-electron chi connectivity index (χ0n) is 14.2. The van der Waals surface area contributed by atoms with Crippen LogP contribution in [0.2, 0.25) is 0 Å². The SMILES string of the molecule is O=c1c2c3c(sc2ncn1CC[C@H]1COc2ccccc2O1)CNCC3. The van der Waals surface area contributed by atoms with Crippen LogP contribution in [0.3, 0.4) is 0 Å². The van der Waals surface area contributed by atoms with Crippen LogP contribution in [0, 0.1) is 0 Å². The normalized spacial score (nSPS) is 18.7. The fourth-order valence-corrected chi connectivity index (χ4v) is 4.75. The van der Waals surface area contributed by atoms with Crippen LogP contribution in [0.4, 0.5) is 0 Å². The Hall–Kier alpha value is -2.38. The molecule has 3 aromatic rings. The van der Waals surface area contributed by atoms with Crippen LogP contribution in [0.15, 0.2) is 35.4 Å². The lowest BCUT2D eigenvalue weighted by Crippen LogP contribution is -2.32. The highest BCUT2D eigenvalue weighted by molar-refractivity contribution is 7.18. The quantitative estimate of drug-likeness (QED) is 0.768. The third-order valence-electron chi connectivity index (χ3n) is 4.96. The van der Waals surface area contributed by atoms with Gasteiger partial charge in [0.05, 0.1) is 11.7 Å². The minimum Gasteiger partial charge on any atom is -0.486 e. The fourth-order valence-electron chi connectivity index (χ4n) is 3.60. The van der Waals surface area contributed by atoms with Gasteiger partial charge in [0.15, 0.2) is 11.5 Å². The first-order valence-corrected chi connectivity index (χ1v) is 9.70. The molecule has 0 amide bonds. The number of para-hydroxylation sites is 2. The van der Waals surface area contributed by atoms with Crippen LogP contribution < -0.4 is 20.3 Å². The Bertz CT molecular complexity index is 1030. The second kappa shape index (κ2) is 6.41. The molecule has 0 spiro atoms. The largest absolute Gasteiger partial charge is 0.486 e. The Labute approximate surface area is 154 Å². The Morgan fingerprint density at radius 2 is 2.19 bits per heavy atom. The van der Waals surface area contributed by atoms with E-state index in [1.54, 1.807) is 22.2 Å². The van der Waals surface area contributed by atoms with Gasteiger partial charge < -0.3 is 14.8 Å². The monoisotopic (exact) mass is 369 g/mol. The highest BCUT2D eigenvalue weighted by atomic mass is 32.1. The molecule has 26 heavy (non-hydrogen) atoms. The van der Waals surface area contributed by atoms with Crippen molar-refractivity contribution in [2.75, 3.05) is 13.2 Å². The lowest BCUT2D eigenvalue weighted by atomic mass is 10.1. The smallest absolute Gasteiger partial charge is 0.262 e. The maximum Gasteiger partial charge on any atom is 0.262 e. The van der Waals surface area contributed by atoms with E-state index in [0.717, 1.165) is 41.2 Å². The Kier molecular flexibility index (Phi) is 3.90. The van der Waals surface area contributed by atoms with Crippen LogP contribution in [0.5, 0.6) is 11.5 Å². The van der Waals surface area contributed by atoms with Crippen molar-refractivity contribution < 1.29 is 9.47 Å². The van der Waals surface area contributed by atoms with E-state index in [2.05, 4.69) is 10.3 Å². The molecule has 0 unspecified atom stereocenters. The molecule has 0 aliphatic carbocycles. The third kappa shape index (κ3) is 2.68. The van der Waals surface area contributed by atoms with Gasteiger partial charge in [0, 0.05) is 24.4 Å². The van der Waals surface area contributed by atoms with Crippen LogP contribution in [-0.2, 0) is 19.5 Å². The van der Waals surface area contributed by atoms with Gasteiger partial charge in [0.1, 0.15) is 17.5 Å². The third-order valence-corrected chi connectivity index (χ3v) is 6.10. The van der Waals surface area contributed by atoms with Crippen molar-refractivity contribution in [1.82, 2.24) is 14.9 Å². The van der Waals surface area contributed by atoms with Gasteiger partial charge in [-0.15, -0.1) is 11.3 Å². The molecule has 4 heterocycles. The van der Waals surface area contributed by atoms with Crippen LogP contribution in [0.25, 0.3) is 10.2 Å². The molecule has 2 aliphatic rings. The second-order valence-corrected chi connectivity index (χ2v) is 7.72. The van der Waals surface area contributed by atoms with Gasteiger partial charge in [0.2, 0.25) is 0 Å². The number of nitrogens with one attached hydrogen (secondary N) is 1. The van der Waals surface area contributed by atoms with E-state index in [0.29, 0.717) is 19.6 Å². The van der Waals surface area contributed by atoms with Crippen molar-refractivity contribution in [3.63, 3.8) is 0 Å². The first-order chi connectivity index (χ1) is 12.8. The number of thiophene rings is 1. The van der Waals surface area contributed by atoms with Crippen LogP contribution in [0.1, 0.15) is 16.9 Å². The summed E-state index contributed by atoms with van der Waals surface area (Å²) >= 11 is 1.63. The summed E-state index contributed by atoms with van der Waals surface area (Å²) in [5.41, 5.74) is 1.24. The number of nitrogens with zero attached hydrogens (tertiary/aromatic N) is 2. The number of aryl methyl sites for hydroxylation is 1. The fraction of sp³-hybridized carbons (Fsp3) is 0.368. The molecule has 134 valence electrons. The summed E-state index contributed by atoms with van der Waals surface area (Å²) in [5, 5.41) is 4.16. The molecule has 0 radical (unpaired) electrons. The molecule has 2 aromatic heterocycles. The summed E-state index contributed by atoms with van der Waals surface area (Å²) in [5.74, 6) is 1.55. The van der Waals surface area contributed by atoms with Gasteiger partial charge in [-0.3, -0.25) is 9.36 Å². The zero-order chi connectivity index (χ0) is 17.5. The average molecular weight is 369 g/mol. The zero-order valence-corrected chi connectivity index (χ0v) is 15.1. The minimum absolute atomic E-state index is 0.0616. The van der Waals surface area contributed by atoms with E-state index in [1.807, 2.05) is 24.3 Å². The average Bonchev–Trinajstić information content (AvgIpc) is 3.06. The number of rotatable bonds is 3. The van der Waals surface area contributed by atoms with Crippen molar-refractivity contribution in [3.05, 3.63) is 51.4 Å². The highest BCUT2D eigenvalue weighted by Crippen LogP contribution is 2.32. The molecule has 6 nitrogen and oxygen atoms in total. The molecule has 0 saturated heterocycles. The highest BCUT2D eigenvalue weighted by Gasteiger charge is 2.22. The predicted molar refractivity (Wildman–Crippen MR) is 100 cm³/mol. The number of ether oxygens (including phenoxy) is 2. The molecule has 0 bridgehead atoms. The van der Waals surface area contributed by atoms with Gasteiger partial charge in [-0.25, -0.2) is 4.98 Å². The summed E-state index contributed by atoms with van der Waals surface area (Å²) in [6.45, 7) is 2.82. The number of fused-ring (bicyclic) bond motifs is 4. The van der Waals surface area contributed by atoms with Crippen molar-refractivity contribution in [2.24, 2.45) is 0 Å². The first-order valence-electron chi connectivity index (χ1n) is 8.88. The molecule has 7 heteroatoms. The number of benzene rings is 1. The van der Waals surface area contributed by atoms with E-state index in [9.17, 15) is 4.79 Å². The molecule has 2 aliphatic heterocycles. The van der Waals surface area contributed by atoms with Gasteiger partial charge in [-0.2, -0.15) is 0 Å². The topological polar surface area (TPSA) is 65.4 Å². The van der Waals surface area contributed by atoms with Gasteiger partial charge >= 0.3 is 0 Å². The standard InChI is InChI=1S/C19H19N3O3S/c23-19-17-13-5-7-20-9-16(13)26-18(17)21-11-22(19)8-6-12-10-24-14-3-1-2-4-15(14)25-12/h1-4,11-12,20H,5-10H2/t12-/m0/s1. The van der Waals surface area contributed by atoms with Crippen molar-refractivity contribution in [2.45, 2.75) is 32.0 Å². The van der Waals surface area contributed by atoms with Crippen molar-refractivity contribution >= 4 is 21.6 Å². The molecule has 5 rings (SSSR count). The van der Waals surface area contributed by atoms with Gasteiger partial charge in [0.25, 0.3) is 5.56 Å². The van der Waals surface area contributed by atoms with Gasteiger partial charge in [-0.1, -0.05) is 12.1 Å². The molecule has 1 aromatic carbocycles. The van der Waals surface area contributed by atoms with E-state index < -0.39 is 0 Å². The molecule has 0 saturated carbocycles. The lowest BCUT2D eigenvalue weighted by molar-refractivity contribution is 0.0814. The summed E-state index contributed by atoms with van der Waals surface area (Å²) < 4.78 is 13.5. The number of aromatic nitrogens is 2. The first kappa shape index (κ1) is 15.8.